The summed E-state index contributed by atoms with van der Waals surface area (Å²) in [6, 6.07) is 1.99. The first-order valence-electron chi connectivity index (χ1n) is 7.57. The highest BCUT2D eigenvalue weighted by Crippen LogP contribution is 2.27. The molecule has 7 heteroatoms. The van der Waals surface area contributed by atoms with Gasteiger partial charge in [0.15, 0.2) is 10.1 Å². The number of nitrogens with zero attached hydrogens (tertiary/aromatic N) is 3. The zero-order chi connectivity index (χ0) is 16.8. The number of ketones is 1. The van der Waals surface area contributed by atoms with E-state index in [1.165, 1.54) is 23.1 Å². The third kappa shape index (κ3) is 4.45. The fourth-order valence-electron chi connectivity index (χ4n) is 2.36. The monoisotopic (exact) mass is 350 g/mol. The standard InChI is InChI=1S/C16H22N4OS2/c1-5-7-17-15-18-19-16(23-15)22-10-14(21)13-9-11(3)20(8-6-2)12(13)4/h5,9H,1,6-8,10H2,2-4H3,(H,17,18). The van der Waals surface area contributed by atoms with E-state index in [1.807, 2.05) is 13.0 Å². The van der Waals surface area contributed by atoms with Crippen molar-refractivity contribution in [3.63, 3.8) is 0 Å². The van der Waals surface area contributed by atoms with E-state index in [0.717, 1.165) is 39.4 Å². The van der Waals surface area contributed by atoms with E-state index in [4.69, 9.17) is 0 Å². The van der Waals surface area contributed by atoms with Crippen LogP contribution in [0.5, 0.6) is 0 Å². The molecule has 0 bridgehead atoms. The average Bonchev–Trinajstić information content (AvgIpc) is 3.10. The van der Waals surface area contributed by atoms with E-state index < -0.39 is 0 Å². The molecule has 0 atom stereocenters. The Balaban J connectivity index is 1.98. The minimum atomic E-state index is 0.140. The van der Waals surface area contributed by atoms with Gasteiger partial charge in [-0.15, -0.1) is 16.8 Å². The van der Waals surface area contributed by atoms with Crippen molar-refractivity contribution in [2.24, 2.45) is 0 Å². The Hall–Kier alpha value is -1.60. The lowest BCUT2D eigenvalue weighted by molar-refractivity contribution is 0.102. The molecular formula is C16H22N4OS2. The number of aromatic nitrogens is 3. The Morgan fingerprint density at radius 2 is 2.26 bits per heavy atom. The van der Waals surface area contributed by atoms with Crippen molar-refractivity contribution in [3.8, 4) is 0 Å². The van der Waals surface area contributed by atoms with Crippen molar-refractivity contribution in [1.29, 1.82) is 0 Å². The van der Waals surface area contributed by atoms with Crippen LogP contribution in [0.1, 0.15) is 35.1 Å². The molecule has 23 heavy (non-hydrogen) atoms. The van der Waals surface area contributed by atoms with E-state index in [1.54, 1.807) is 6.08 Å². The Morgan fingerprint density at radius 3 is 2.96 bits per heavy atom. The second-order valence-electron chi connectivity index (χ2n) is 5.19. The predicted molar refractivity (Wildman–Crippen MR) is 97.8 cm³/mol. The van der Waals surface area contributed by atoms with Gasteiger partial charge in [-0.1, -0.05) is 36.1 Å². The fraction of sp³-hybridized carbons (Fsp3) is 0.438. The van der Waals surface area contributed by atoms with Gasteiger partial charge in [0.25, 0.3) is 0 Å². The van der Waals surface area contributed by atoms with Gasteiger partial charge < -0.3 is 9.88 Å². The van der Waals surface area contributed by atoms with E-state index >= 15 is 0 Å². The molecule has 2 aromatic rings. The van der Waals surface area contributed by atoms with Crippen LogP contribution in [0, 0.1) is 13.8 Å². The van der Waals surface area contributed by atoms with Gasteiger partial charge >= 0.3 is 0 Å². The van der Waals surface area contributed by atoms with Gasteiger partial charge in [0.05, 0.1) is 5.75 Å². The molecule has 0 aromatic carbocycles. The topological polar surface area (TPSA) is 59.8 Å². The third-order valence-electron chi connectivity index (χ3n) is 3.45. The number of hydrogen-bond acceptors (Lipinski definition) is 6. The number of rotatable bonds is 9. The minimum absolute atomic E-state index is 0.140. The Labute approximate surface area is 145 Å². The molecule has 0 saturated carbocycles. The Morgan fingerprint density at radius 1 is 1.48 bits per heavy atom. The Kier molecular flexibility index (Phi) is 6.41. The SMILES string of the molecule is C=CCNc1nnc(SCC(=O)c2cc(C)n(CCC)c2C)s1. The molecular weight excluding hydrogens is 328 g/mol. The number of thioether (sulfide) groups is 1. The minimum Gasteiger partial charge on any atom is -0.357 e. The van der Waals surface area contributed by atoms with Crippen LogP contribution in [0.4, 0.5) is 5.13 Å². The highest BCUT2D eigenvalue weighted by atomic mass is 32.2. The normalized spacial score (nSPS) is 10.7. The average molecular weight is 351 g/mol. The molecule has 0 radical (unpaired) electrons. The summed E-state index contributed by atoms with van der Waals surface area (Å²) in [5.74, 6) is 0.522. The number of carbonyl (C=O) groups is 1. The summed E-state index contributed by atoms with van der Waals surface area (Å²) < 4.78 is 3.01. The summed E-state index contributed by atoms with van der Waals surface area (Å²) in [5, 5.41) is 12.0. The number of nitrogens with one attached hydrogen (secondary N) is 1. The molecule has 0 spiro atoms. The van der Waals surface area contributed by atoms with Gasteiger partial charge in [0, 0.05) is 30.0 Å². The predicted octanol–water partition coefficient (Wildman–Crippen LogP) is 3.94. The smallest absolute Gasteiger partial charge is 0.206 e. The van der Waals surface area contributed by atoms with Gasteiger partial charge in [0.2, 0.25) is 5.13 Å². The Bertz CT molecular complexity index is 690. The molecule has 0 saturated heterocycles. The molecule has 0 aliphatic carbocycles. The number of Topliss-reactive ketones (excluding diaryl/α,β-unsaturated/α-hetero) is 1. The molecule has 2 rings (SSSR count). The van der Waals surface area contributed by atoms with E-state index in [2.05, 4.69) is 40.5 Å². The molecule has 0 fully saturated rings. The van der Waals surface area contributed by atoms with Crippen LogP contribution in [0.3, 0.4) is 0 Å². The molecule has 1 N–H and O–H groups in total. The third-order valence-corrected chi connectivity index (χ3v) is 5.47. The molecule has 2 heterocycles. The van der Waals surface area contributed by atoms with Crippen molar-refractivity contribution >= 4 is 34.0 Å². The maximum absolute atomic E-state index is 12.5. The summed E-state index contributed by atoms with van der Waals surface area (Å²) in [6.45, 7) is 11.5. The van der Waals surface area contributed by atoms with E-state index in [-0.39, 0.29) is 5.78 Å². The van der Waals surface area contributed by atoms with Gasteiger partial charge in [0.1, 0.15) is 0 Å². The van der Waals surface area contributed by atoms with Crippen molar-refractivity contribution in [3.05, 3.63) is 35.7 Å². The highest BCUT2D eigenvalue weighted by molar-refractivity contribution is 8.01. The number of anilines is 1. The van der Waals surface area contributed by atoms with Crippen LogP contribution < -0.4 is 5.32 Å². The van der Waals surface area contributed by atoms with Crippen molar-refractivity contribution in [1.82, 2.24) is 14.8 Å². The lowest BCUT2D eigenvalue weighted by Gasteiger charge is -2.07. The van der Waals surface area contributed by atoms with Crippen LogP contribution in [0.25, 0.3) is 0 Å². The molecule has 124 valence electrons. The maximum atomic E-state index is 12.5. The lowest BCUT2D eigenvalue weighted by Crippen LogP contribution is -2.06. The van der Waals surface area contributed by atoms with Crippen LogP contribution in [-0.4, -0.2) is 32.8 Å². The quantitative estimate of drug-likeness (QED) is 0.422. The summed E-state index contributed by atoms with van der Waals surface area (Å²) >= 11 is 2.89. The van der Waals surface area contributed by atoms with E-state index in [9.17, 15) is 4.79 Å². The molecule has 5 nitrogen and oxygen atoms in total. The number of aryl methyl sites for hydroxylation is 1. The highest BCUT2D eigenvalue weighted by Gasteiger charge is 2.16. The summed E-state index contributed by atoms with van der Waals surface area (Å²) in [5.41, 5.74) is 3.02. The largest absolute Gasteiger partial charge is 0.357 e. The van der Waals surface area contributed by atoms with Gasteiger partial charge in [-0.25, -0.2) is 0 Å². The number of carbonyl (C=O) groups excluding carboxylic acids is 1. The first-order valence-corrected chi connectivity index (χ1v) is 9.38. The van der Waals surface area contributed by atoms with Crippen LogP contribution >= 0.6 is 23.1 Å². The van der Waals surface area contributed by atoms with Crippen molar-refractivity contribution < 1.29 is 4.79 Å². The first kappa shape index (κ1) is 17.7. The molecule has 0 aliphatic rings. The van der Waals surface area contributed by atoms with E-state index in [0.29, 0.717) is 12.3 Å². The fourth-order valence-corrected chi connectivity index (χ4v) is 4.00. The molecule has 0 amide bonds. The van der Waals surface area contributed by atoms with Gasteiger partial charge in [-0.3, -0.25) is 4.79 Å². The molecule has 2 aromatic heterocycles. The zero-order valence-electron chi connectivity index (χ0n) is 13.8. The second-order valence-corrected chi connectivity index (χ2v) is 7.39. The van der Waals surface area contributed by atoms with Crippen molar-refractivity contribution in [2.75, 3.05) is 17.6 Å². The summed E-state index contributed by atoms with van der Waals surface area (Å²) in [4.78, 5) is 12.5. The van der Waals surface area contributed by atoms with Crippen LogP contribution in [0.2, 0.25) is 0 Å². The second kappa shape index (κ2) is 8.31. The molecule has 0 aliphatic heterocycles. The first-order chi connectivity index (χ1) is 11.1. The van der Waals surface area contributed by atoms with Gasteiger partial charge in [-0.05, 0) is 26.3 Å². The maximum Gasteiger partial charge on any atom is 0.206 e. The molecule has 0 unspecified atom stereocenters. The van der Waals surface area contributed by atoms with Crippen LogP contribution in [0.15, 0.2) is 23.1 Å². The lowest BCUT2D eigenvalue weighted by atomic mass is 10.2. The van der Waals surface area contributed by atoms with Crippen LogP contribution in [-0.2, 0) is 6.54 Å². The summed E-state index contributed by atoms with van der Waals surface area (Å²) in [6.07, 6.45) is 2.83. The number of hydrogen-bond donors (Lipinski definition) is 1. The van der Waals surface area contributed by atoms with Gasteiger partial charge in [-0.2, -0.15) is 0 Å². The van der Waals surface area contributed by atoms with Crippen molar-refractivity contribution in [2.45, 2.75) is 38.1 Å². The summed E-state index contributed by atoms with van der Waals surface area (Å²) in [7, 11) is 0. The zero-order valence-corrected chi connectivity index (χ0v) is 15.4.